The summed E-state index contributed by atoms with van der Waals surface area (Å²) in [5, 5.41) is 0. The largest absolute Gasteiger partial charge is 0.457 e. The first-order valence-corrected chi connectivity index (χ1v) is 3.62. The van der Waals surface area contributed by atoms with E-state index >= 15 is 0 Å². The topological polar surface area (TPSA) is 43.4 Å². The molecule has 0 bridgehead atoms. The van der Waals surface area contributed by atoms with Crippen LogP contribution >= 0.6 is 0 Å². The summed E-state index contributed by atoms with van der Waals surface area (Å²) < 4.78 is 4.62. The molecule has 1 aliphatic rings. The average molecular weight is 156 g/mol. The molecule has 0 saturated carbocycles. The van der Waals surface area contributed by atoms with Crippen LogP contribution in [0.25, 0.3) is 0 Å². The molecule has 1 fully saturated rings. The molecule has 0 aromatic carbocycles. The minimum Gasteiger partial charge on any atom is -0.457 e. The second-order valence-corrected chi connectivity index (χ2v) is 3.87. The highest BCUT2D eigenvalue weighted by molar-refractivity contribution is 6.05. The molecule has 1 atom stereocenters. The highest BCUT2D eigenvalue weighted by Gasteiger charge is 2.43. The van der Waals surface area contributed by atoms with E-state index in [1.165, 1.54) is 0 Å². The SMILES string of the molecule is CC(C)(C)[C@H]1C(=O)COC1=O. The first kappa shape index (κ1) is 8.24. The summed E-state index contributed by atoms with van der Waals surface area (Å²) >= 11 is 0. The van der Waals surface area contributed by atoms with E-state index in [4.69, 9.17) is 0 Å². The smallest absolute Gasteiger partial charge is 0.317 e. The first-order valence-electron chi connectivity index (χ1n) is 3.62. The van der Waals surface area contributed by atoms with Gasteiger partial charge in [-0.15, -0.1) is 0 Å². The number of cyclic esters (lactones) is 1. The predicted molar refractivity (Wildman–Crippen MR) is 38.9 cm³/mol. The van der Waals surface area contributed by atoms with Crippen LogP contribution in [0.3, 0.4) is 0 Å². The zero-order valence-corrected chi connectivity index (χ0v) is 7.01. The molecular weight excluding hydrogens is 144 g/mol. The number of carbonyl (C=O) groups excluding carboxylic acids is 2. The summed E-state index contributed by atoms with van der Waals surface area (Å²) in [6, 6.07) is 0. The van der Waals surface area contributed by atoms with Gasteiger partial charge < -0.3 is 4.74 Å². The average Bonchev–Trinajstić information content (AvgIpc) is 2.08. The third kappa shape index (κ3) is 1.42. The number of ether oxygens (including phenoxy) is 1. The van der Waals surface area contributed by atoms with Crippen LogP contribution in [0.15, 0.2) is 0 Å². The standard InChI is InChI=1S/C8H12O3/c1-8(2,3)6-5(9)4-11-7(6)10/h6H,4H2,1-3H3/t6-/m0/s1. The Morgan fingerprint density at radius 1 is 1.36 bits per heavy atom. The molecule has 0 radical (unpaired) electrons. The van der Waals surface area contributed by atoms with Crippen molar-refractivity contribution in [3.8, 4) is 0 Å². The molecule has 0 amide bonds. The Morgan fingerprint density at radius 3 is 2.09 bits per heavy atom. The fraction of sp³-hybridized carbons (Fsp3) is 0.750. The number of hydrogen-bond donors (Lipinski definition) is 0. The fourth-order valence-corrected chi connectivity index (χ4v) is 1.28. The van der Waals surface area contributed by atoms with E-state index in [2.05, 4.69) is 4.74 Å². The van der Waals surface area contributed by atoms with E-state index in [1.54, 1.807) is 0 Å². The lowest BCUT2D eigenvalue weighted by Crippen LogP contribution is -2.30. The van der Waals surface area contributed by atoms with Crippen LogP contribution in [-0.4, -0.2) is 18.4 Å². The summed E-state index contributed by atoms with van der Waals surface area (Å²) in [5.74, 6) is -1.02. The van der Waals surface area contributed by atoms with Gasteiger partial charge in [0.2, 0.25) is 0 Å². The third-order valence-electron chi connectivity index (χ3n) is 1.78. The number of rotatable bonds is 0. The zero-order valence-electron chi connectivity index (χ0n) is 7.01. The van der Waals surface area contributed by atoms with Crippen LogP contribution in [0.5, 0.6) is 0 Å². The highest BCUT2D eigenvalue weighted by Crippen LogP contribution is 2.30. The summed E-state index contributed by atoms with van der Waals surface area (Å²) in [7, 11) is 0. The summed E-state index contributed by atoms with van der Waals surface area (Å²) in [6.07, 6.45) is 0. The van der Waals surface area contributed by atoms with E-state index in [0.717, 1.165) is 0 Å². The molecule has 0 N–H and O–H groups in total. The molecule has 1 rings (SSSR count). The Balaban J connectivity index is 2.85. The molecule has 0 aliphatic carbocycles. The van der Waals surface area contributed by atoms with Gasteiger partial charge >= 0.3 is 5.97 Å². The Morgan fingerprint density at radius 2 is 1.91 bits per heavy atom. The number of ketones is 1. The molecule has 1 aliphatic heterocycles. The van der Waals surface area contributed by atoms with Crippen molar-refractivity contribution in [2.45, 2.75) is 20.8 Å². The van der Waals surface area contributed by atoms with Crippen molar-refractivity contribution in [2.24, 2.45) is 11.3 Å². The van der Waals surface area contributed by atoms with Gasteiger partial charge in [-0.3, -0.25) is 9.59 Å². The Kier molecular flexibility index (Phi) is 1.74. The van der Waals surface area contributed by atoms with Gasteiger partial charge in [0.25, 0.3) is 0 Å². The number of hydrogen-bond acceptors (Lipinski definition) is 3. The van der Waals surface area contributed by atoms with Crippen molar-refractivity contribution < 1.29 is 14.3 Å². The summed E-state index contributed by atoms with van der Waals surface area (Å²) in [4.78, 5) is 22.1. The minimum absolute atomic E-state index is 0.0409. The number of esters is 1. The number of Topliss-reactive ketones (excluding diaryl/α,β-unsaturated/α-hetero) is 1. The molecule has 1 saturated heterocycles. The lowest BCUT2D eigenvalue weighted by Gasteiger charge is -2.21. The molecule has 62 valence electrons. The molecule has 1 heterocycles. The van der Waals surface area contributed by atoms with Gasteiger partial charge in [0, 0.05) is 0 Å². The fourth-order valence-electron chi connectivity index (χ4n) is 1.28. The van der Waals surface area contributed by atoms with E-state index < -0.39 is 5.92 Å². The lowest BCUT2D eigenvalue weighted by atomic mass is 9.79. The van der Waals surface area contributed by atoms with Crippen LogP contribution < -0.4 is 0 Å². The molecule has 3 heteroatoms. The van der Waals surface area contributed by atoms with Crippen LogP contribution in [0, 0.1) is 11.3 Å². The second kappa shape index (κ2) is 2.32. The maximum absolute atomic E-state index is 11.1. The second-order valence-electron chi connectivity index (χ2n) is 3.87. The highest BCUT2D eigenvalue weighted by atomic mass is 16.5. The number of carbonyl (C=O) groups is 2. The molecule has 11 heavy (non-hydrogen) atoms. The Bertz CT molecular complexity index is 184. The van der Waals surface area contributed by atoms with Crippen molar-refractivity contribution in [3.05, 3.63) is 0 Å². The first-order chi connectivity index (χ1) is 4.93. The van der Waals surface area contributed by atoms with Crippen LogP contribution in [0.2, 0.25) is 0 Å². The van der Waals surface area contributed by atoms with Crippen molar-refractivity contribution in [3.63, 3.8) is 0 Å². The Labute approximate surface area is 65.7 Å². The van der Waals surface area contributed by atoms with Crippen molar-refractivity contribution in [1.82, 2.24) is 0 Å². The zero-order chi connectivity index (χ0) is 8.65. The molecule has 0 aromatic heterocycles. The van der Waals surface area contributed by atoms with Gasteiger partial charge in [0.1, 0.15) is 5.92 Å². The minimum atomic E-state index is -0.553. The maximum atomic E-state index is 11.1. The quantitative estimate of drug-likeness (QED) is 0.384. The summed E-state index contributed by atoms with van der Waals surface area (Å²) in [6.45, 7) is 5.55. The van der Waals surface area contributed by atoms with Gasteiger partial charge in [0.15, 0.2) is 12.4 Å². The van der Waals surface area contributed by atoms with Crippen LogP contribution in [0.1, 0.15) is 20.8 Å². The molecule has 0 spiro atoms. The van der Waals surface area contributed by atoms with E-state index in [0.29, 0.717) is 0 Å². The van der Waals surface area contributed by atoms with Crippen molar-refractivity contribution >= 4 is 11.8 Å². The van der Waals surface area contributed by atoms with Gasteiger partial charge in [-0.1, -0.05) is 20.8 Å². The molecule has 3 nitrogen and oxygen atoms in total. The van der Waals surface area contributed by atoms with E-state index in [1.807, 2.05) is 20.8 Å². The van der Waals surface area contributed by atoms with Gasteiger partial charge in [-0.2, -0.15) is 0 Å². The van der Waals surface area contributed by atoms with E-state index in [-0.39, 0.29) is 23.8 Å². The van der Waals surface area contributed by atoms with Crippen molar-refractivity contribution in [2.75, 3.05) is 6.61 Å². The van der Waals surface area contributed by atoms with Crippen LogP contribution in [0.4, 0.5) is 0 Å². The molecule has 0 aromatic rings. The van der Waals surface area contributed by atoms with Gasteiger partial charge in [0.05, 0.1) is 0 Å². The van der Waals surface area contributed by atoms with Crippen LogP contribution in [-0.2, 0) is 14.3 Å². The van der Waals surface area contributed by atoms with Gasteiger partial charge in [-0.25, -0.2) is 0 Å². The van der Waals surface area contributed by atoms with Crippen molar-refractivity contribution in [1.29, 1.82) is 0 Å². The Hall–Kier alpha value is -0.860. The normalized spacial score (nSPS) is 25.5. The monoisotopic (exact) mass is 156 g/mol. The lowest BCUT2D eigenvalue weighted by molar-refractivity contribution is -0.144. The molecule has 0 unspecified atom stereocenters. The summed E-state index contributed by atoms with van der Waals surface area (Å²) in [5.41, 5.74) is -0.301. The predicted octanol–water partition coefficient (Wildman–Crippen LogP) is 0.775. The third-order valence-corrected chi connectivity index (χ3v) is 1.78. The molecular formula is C8H12O3. The van der Waals surface area contributed by atoms with Gasteiger partial charge in [-0.05, 0) is 5.41 Å². The van der Waals surface area contributed by atoms with E-state index in [9.17, 15) is 9.59 Å². The maximum Gasteiger partial charge on any atom is 0.317 e.